The third-order valence-corrected chi connectivity index (χ3v) is 3.18. The van der Waals surface area contributed by atoms with E-state index in [2.05, 4.69) is 0 Å². The molecular weight excluding hydrogens is 258 g/mol. The Hall–Kier alpha value is -2.56. The SMILES string of the molecule is COc1cccc(-n2c(C)c(C(=O)O)c(C)cc2=O)c1. The summed E-state index contributed by atoms with van der Waals surface area (Å²) in [5, 5.41) is 9.27. The summed E-state index contributed by atoms with van der Waals surface area (Å²) in [6.07, 6.45) is 0. The van der Waals surface area contributed by atoms with Gasteiger partial charge in [0.1, 0.15) is 5.75 Å². The highest BCUT2D eigenvalue weighted by atomic mass is 16.5. The summed E-state index contributed by atoms with van der Waals surface area (Å²) in [6, 6.07) is 8.26. The van der Waals surface area contributed by atoms with E-state index in [0.717, 1.165) is 0 Å². The van der Waals surface area contributed by atoms with Crippen molar-refractivity contribution in [2.24, 2.45) is 0 Å². The Balaban J connectivity index is 2.77. The van der Waals surface area contributed by atoms with E-state index in [4.69, 9.17) is 4.74 Å². The average molecular weight is 273 g/mol. The van der Waals surface area contributed by atoms with Gasteiger partial charge < -0.3 is 9.84 Å². The summed E-state index contributed by atoms with van der Waals surface area (Å²) in [5.74, 6) is -0.442. The topological polar surface area (TPSA) is 68.5 Å². The predicted molar refractivity (Wildman–Crippen MR) is 75.0 cm³/mol. The van der Waals surface area contributed by atoms with Gasteiger partial charge in [0.2, 0.25) is 0 Å². The Morgan fingerprint density at radius 3 is 2.55 bits per heavy atom. The highest BCUT2D eigenvalue weighted by Gasteiger charge is 2.16. The molecule has 0 bridgehead atoms. The summed E-state index contributed by atoms with van der Waals surface area (Å²) in [5.41, 5.74) is 1.31. The number of hydrogen-bond donors (Lipinski definition) is 1. The zero-order valence-corrected chi connectivity index (χ0v) is 11.5. The maximum Gasteiger partial charge on any atom is 0.337 e. The smallest absolute Gasteiger partial charge is 0.337 e. The first-order chi connectivity index (χ1) is 9.45. The lowest BCUT2D eigenvalue weighted by Gasteiger charge is -2.14. The molecule has 1 aromatic carbocycles. The van der Waals surface area contributed by atoms with Crippen LogP contribution < -0.4 is 10.3 Å². The van der Waals surface area contributed by atoms with Gasteiger partial charge in [-0.25, -0.2) is 4.79 Å². The number of carboxylic acids is 1. The molecule has 0 spiro atoms. The maximum atomic E-state index is 12.2. The molecule has 0 radical (unpaired) electrons. The molecule has 1 heterocycles. The first-order valence-corrected chi connectivity index (χ1v) is 6.06. The molecule has 5 heteroatoms. The van der Waals surface area contributed by atoms with Crippen molar-refractivity contribution >= 4 is 5.97 Å². The number of carbonyl (C=O) groups is 1. The van der Waals surface area contributed by atoms with Crippen molar-refractivity contribution in [3.63, 3.8) is 0 Å². The lowest BCUT2D eigenvalue weighted by Crippen LogP contribution is -2.24. The average Bonchev–Trinajstić information content (AvgIpc) is 2.37. The fourth-order valence-corrected chi connectivity index (χ4v) is 2.28. The molecule has 0 atom stereocenters. The predicted octanol–water partition coefficient (Wildman–Crippen LogP) is 2.16. The number of aromatic carboxylic acids is 1. The summed E-state index contributed by atoms with van der Waals surface area (Å²) in [7, 11) is 1.53. The van der Waals surface area contributed by atoms with E-state index in [1.54, 1.807) is 38.1 Å². The summed E-state index contributed by atoms with van der Waals surface area (Å²) in [4.78, 5) is 23.5. The first kappa shape index (κ1) is 13.9. The molecule has 0 unspecified atom stereocenters. The third-order valence-electron chi connectivity index (χ3n) is 3.18. The Morgan fingerprint density at radius 1 is 1.25 bits per heavy atom. The van der Waals surface area contributed by atoms with E-state index in [1.807, 2.05) is 0 Å². The Kier molecular flexibility index (Phi) is 3.61. The van der Waals surface area contributed by atoms with Gasteiger partial charge in [-0.2, -0.15) is 0 Å². The van der Waals surface area contributed by atoms with Crippen LogP contribution in [0, 0.1) is 13.8 Å². The minimum Gasteiger partial charge on any atom is -0.497 e. The van der Waals surface area contributed by atoms with Crippen LogP contribution in [0.1, 0.15) is 21.6 Å². The van der Waals surface area contributed by atoms with Crippen molar-refractivity contribution in [1.29, 1.82) is 0 Å². The molecule has 0 fully saturated rings. The van der Waals surface area contributed by atoms with Crippen molar-refractivity contribution in [3.05, 3.63) is 57.5 Å². The molecule has 1 aromatic heterocycles. The molecular formula is C15H15NO4. The number of nitrogens with zero attached hydrogens (tertiary/aromatic N) is 1. The second-order valence-corrected chi connectivity index (χ2v) is 4.47. The van der Waals surface area contributed by atoms with Gasteiger partial charge in [0.15, 0.2) is 0 Å². The van der Waals surface area contributed by atoms with Gasteiger partial charge in [0, 0.05) is 17.8 Å². The molecule has 0 aliphatic heterocycles. The van der Waals surface area contributed by atoms with Crippen LogP contribution in [0.3, 0.4) is 0 Å². The second-order valence-electron chi connectivity index (χ2n) is 4.47. The largest absolute Gasteiger partial charge is 0.497 e. The van der Waals surface area contributed by atoms with Crippen molar-refractivity contribution in [3.8, 4) is 11.4 Å². The van der Waals surface area contributed by atoms with Gasteiger partial charge >= 0.3 is 5.97 Å². The van der Waals surface area contributed by atoms with E-state index >= 15 is 0 Å². The fraction of sp³-hybridized carbons (Fsp3) is 0.200. The number of benzene rings is 1. The monoisotopic (exact) mass is 273 g/mol. The molecule has 0 saturated heterocycles. The van der Waals surface area contributed by atoms with Crippen molar-refractivity contribution in [1.82, 2.24) is 4.57 Å². The van der Waals surface area contributed by atoms with Crippen LogP contribution >= 0.6 is 0 Å². The van der Waals surface area contributed by atoms with Crippen LogP contribution in [0.4, 0.5) is 0 Å². The minimum absolute atomic E-state index is 0.146. The van der Waals surface area contributed by atoms with Crippen LogP contribution in [0.15, 0.2) is 35.1 Å². The molecule has 20 heavy (non-hydrogen) atoms. The number of aryl methyl sites for hydroxylation is 1. The first-order valence-electron chi connectivity index (χ1n) is 6.06. The van der Waals surface area contributed by atoms with E-state index in [-0.39, 0.29) is 11.1 Å². The van der Waals surface area contributed by atoms with Gasteiger partial charge in [-0.15, -0.1) is 0 Å². The van der Waals surface area contributed by atoms with Gasteiger partial charge in [-0.3, -0.25) is 9.36 Å². The van der Waals surface area contributed by atoms with E-state index in [0.29, 0.717) is 22.7 Å². The lowest BCUT2D eigenvalue weighted by atomic mass is 10.1. The fourth-order valence-electron chi connectivity index (χ4n) is 2.28. The quantitative estimate of drug-likeness (QED) is 0.930. The van der Waals surface area contributed by atoms with Crippen LogP contribution in [-0.4, -0.2) is 22.8 Å². The molecule has 104 valence electrons. The standard InChI is InChI=1S/C15H15NO4/c1-9-7-13(17)16(10(2)14(9)15(18)19)11-5-4-6-12(8-11)20-3/h4-8H,1-3H3,(H,18,19). The zero-order chi connectivity index (χ0) is 14.9. The summed E-state index contributed by atoms with van der Waals surface area (Å²) >= 11 is 0. The second kappa shape index (κ2) is 5.21. The van der Waals surface area contributed by atoms with E-state index in [9.17, 15) is 14.7 Å². The number of methoxy groups -OCH3 is 1. The zero-order valence-electron chi connectivity index (χ0n) is 11.5. The number of carboxylic acid groups (broad SMARTS) is 1. The third kappa shape index (κ3) is 2.30. The van der Waals surface area contributed by atoms with Crippen LogP contribution in [0.25, 0.3) is 5.69 Å². The minimum atomic E-state index is -1.04. The molecule has 0 amide bonds. The van der Waals surface area contributed by atoms with Gasteiger partial charge in [-0.1, -0.05) is 6.07 Å². The Bertz CT molecular complexity index is 731. The van der Waals surface area contributed by atoms with Crippen LogP contribution in [-0.2, 0) is 0 Å². The van der Waals surface area contributed by atoms with Gasteiger partial charge in [-0.05, 0) is 31.5 Å². The van der Waals surface area contributed by atoms with Crippen molar-refractivity contribution in [2.75, 3.05) is 7.11 Å². The van der Waals surface area contributed by atoms with Crippen LogP contribution in [0.5, 0.6) is 5.75 Å². The normalized spacial score (nSPS) is 10.3. The van der Waals surface area contributed by atoms with Crippen molar-refractivity contribution in [2.45, 2.75) is 13.8 Å². The molecule has 2 rings (SSSR count). The highest BCUT2D eigenvalue weighted by Crippen LogP contribution is 2.19. The van der Waals surface area contributed by atoms with E-state index < -0.39 is 5.97 Å². The van der Waals surface area contributed by atoms with Crippen molar-refractivity contribution < 1.29 is 14.6 Å². The summed E-state index contributed by atoms with van der Waals surface area (Å²) in [6.45, 7) is 3.24. The van der Waals surface area contributed by atoms with Gasteiger partial charge in [0.05, 0.1) is 18.4 Å². The molecule has 2 aromatic rings. The summed E-state index contributed by atoms with van der Waals surface area (Å²) < 4.78 is 6.50. The van der Waals surface area contributed by atoms with E-state index in [1.165, 1.54) is 17.7 Å². The highest BCUT2D eigenvalue weighted by molar-refractivity contribution is 5.90. The number of rotatable bonds is 3. The maximum absolute atomic E-state index is 12.2. The van der Waals surface area contributed by atoms with Gasteiger partial charge in [0.25, 0.3) is 5.56 Å². The molecule has 0 aliphatic rings. The number of hydrogen-bond acceptors (Lipinski definition) is 3. The molecule has 0 aliphatic carbocycles. The Labute approximate surface area is 116 Å². The lowest BCUT2D eigenvalue weighted by molar-refractivity contribution is 0.0694. The molecule has 0 saturated carbocycles. The van der Waals surface area contributed by atoms with Crippen LogP contribution in [0.2, 0.25) is 0 Å². The number of ether oxygens (including phenoxy) is 1. The molecule has 5 nitrogen and oxygen atoms in total. The molecule has 1 N–H and O–H groups in total. The number of aromatic nitrogens is 1. The Morgan fingerprint density at radius 2 is 1.95 bits per heavy atom. The number of pyridine rings is 1.